The first kappa shape index (κ1) is 13.6. The minimum atomic E-state index is 0.362. The van der Waals surface area contributed by atoms with Crippen LogP contribution in [-0.2, 0) is 0 Å². The van der Waals surface area contributed by atoms with Gasteiger partial charge in [0.2, 0.25) is 0 Å². The number of imidazole rings is 1. The van der Waals surface area contributed by atoms with Gasteiger partial charge in [0.15, 0.2) is 4.77 Å². The maximum atomic E-state index is 6.32. The minimum Gasteiger partial charge on any atom is -0.331 e. The van der Waals surface area contributed by atoms with Crippen molar-refractivity contribution >= 4 is 34.9 Å². The highest BCUT2D eigenvalue weighted by Crippen LogP contribution is 2.31. The normalized spacial score (nSPS) is 13.4. The Balaban J connectivity index is 2.63. The van der Waals surface area contributed by atoms with Gasteiger partial charge in [0, 0.05) is 6.04 Å². The molecule has 0 fully saturated rings. The molecule has 0 radical (unpaired) electrons. The van der Waals surface area contributed by atoms with Gasteiger partial charge in [0.05, 0.1) is 16.1 Å². The molecule has 0 saturated heterocycles. The molecular formula is C14H19ClN2S. The first-order valence-corrected chi connectivity index (χ1v) is 7.27. The van der Waals surface area contributed by atoms with Crippen molar-refractivity contribution in [2.45, 2.75) is 39.7 Å². The van der Waals surface area contributed by atoms with Gasteiger partial charge < -0.3 is 9.55 Å². The van der Waals surface area contributed by atoms with Crippen LogP contribution in [0.3, 0.4) is 0 Å². The third-order valence-electron chi connectivity index (χ3n) is 3.83. The number of rotatable bonds is 4. The van der Waals surface area contributed by atoms with Gasteiger partial charge in [0.25, 0.3) is 0 Å². The fourth-order valence-corrected chi connectivity index (χ4v) is 3.34. The lowest BCUT2D eigenvalue weighted by Crippen LogP contribution is -2.15. The number of H-pyrrole nitrogens is 1. The van der Waals surface area contributed by atoms with Gasteiger partial charge in [-0.2, -0.15) is 0 Å². The molecule has 0 aliphatic carbocycles. The Kier molecular flexibility index (Phi) is 4.13. The summed E-state index contributed by atoms with van der Waals surface area (Å²) < 4.78 is 2.93. The van der Waals surface area contributed by atoms with E-state index in [2.05, 4.69) is 30.3 Å². The minimum absolute atomic E-state index is 0.362. The van der Waals surface area contributed by atoms with E-state index < -0.39 is 0 Å². The summed E-state index contributed by atoms with van der Waals surface area (Å²) in [5.74, 6) is 0.618. The van der Waals surface area contributed by atoms with E-state index in [4.69, 9.17) is 23.8 Å². The fraction of sp³-hybridized carbons (Fsp3) is 0.500. The van der Waals surface area contributed by atoms with Crippen LogP contribution in [0.5, 0.6) is 0 Å². The van der Waals surface area contributed by atoms with Gasteiger partial charge in [-0.05, 0) is 37.2 Å². The summed E-state index contributed by atoms with van der Waals surface area (Å²) >= 11 is 11.8. The van der Waals surface area contributed by atoms with E-state index >= 15 is 0 Å². The van der Waals surface area contributed by atoms with Crippen LogP contribution in [0, 0.1) is 10.7 Å². The first-order valence-electron chi connectivity index (χ1n) is 6.48. The number of benzene rings is 1. The van der Waals surface area contributed by atoms with Crippen molar-refractivity contribution in [1.82, 2.24) is 9.55 Å². The van der Waals surface area contributed by atoms with E-state index in [-0.39, 0.29) is 0 Å². The topological polar surface area (TPSA) is 20.7 Å². The zero-order chi connectivity index (χ0) is 13.3. The predicted octanol–water partition coefficient (Wildman–Crippen LogP) is 5.35. The highest BCUT2D eigenvalue weighted by atomic mass is 35.5. The van der Waals surface area contributed by atoms with Crippen LogP contribution in [0.1, 0.15) is 39.7 Å². The zero-order valence-electron chi connectivity index (χ0n) is 11.0. The lowest BCUT2D eigenvalue weighted by Gasteiger charge is -2.23. The van der Waals surface area contributed by atoms with Crippen molar-refractivity contribution in [2.24, 2.45) is 5.92 Å². The van der Waals surface area contributed by atoms with Gasteiger partial charge in [0.1, 0.15) is 0 Å². The number of hydrogen-bond donors (Lipinski definition) is 1. The van der Waals surface area contributed by atoms with Crippen LogP contribution in [0.25, 0.3) is 11.0 Å². The molecule has 1 heterocycles. The summed E-state index contributed by atoms with van der Waals surface area (Å²) in [7, 11) is 0. The van der Waals surface area contributed by atoms with Crippen molar-refractivity contribution in [3.8, 4) is 0 Å². The van der Waals surface area contributed by atoms with E-state index in [1.807, 2.05) is 18.2 Å². The van der Waals surface area contributed by atoms with Crippen molar-refractivity contribution in [3.05, 3.63) is 28.0 Å². The molecule has 0 spiro atoms. The van der Waals surface area contributed by atoms with Crippen LogP contribution in [-0.4, -0.2) is 9.55 Å². The summed E-state index contributed by atoms with van der Waals surface area (Å²) in [4.78, 5) is 3.25. The summed E-state index contributed by atoms with van der Waals surface area (Å²) in [5.41, 5.74) is 2.05. The van der Waals surface area contributed by atoms with E-state index in [0.717, 1.165) is 33.7 Å². The molecular weight excluding hydrogens is 264 g/mol. The van der Waals surface area contributed by atoms with Gasteiger partial charge in [-0.25, -0.2) is 0 Å². The molecule has 0 amide bonds. The Morgan fingerprint density at radius 1 is 1.33 bits per heavy atom. The van der Waals surface area contributed by atoms with E-state index in [1.165, 1.54) is 0 Å². The molecule has 4 heteroatoms. The fourth-order valence-electron chi connectivity index (χ4n) is 2.71. The van der Waals surface area contributed by atoms with Gasteiger partial charge in [-0.15, -0.1) is 0 Å². The van der Waals surface area contributed by atoms with Gasteiger partial charge in [-0.3, -0.25) is 0 Å². The molecule has 98 valence electrons. The smallest absolute Gasteiger partial charge is 0.178 e. The Bertz CT molecular complexity index is 595. The van der Waals surface area contributed by atoms with Crippen LogP contribution < -0.4 is 0 Å². The Hall–Kier alpha value is -0.800. The second kappa shape index (κ2) is 5.45. The summed E-state index contributed by atoms with van der Waals surface area (Å²) in [6, 6.07) is 6.25. The molecule has 1 aromatic carbocycles. The Labute approximate surface area is 118 Å². The maximum absolute atomic E-state index is 6.32. The molecule has 18 heavy (non-hydrogen) atoms. The number of aromatic amines is 1. The highest BCUT2D eigenvalue weighted by Gasteiger charge is 2.19. The lowest BCUT2D eigenvalue weighted by atomic mass is 9.95. The zero-order valence-corrected chi connectivity index (χ0v) is 12.6. The SMILES string of the molecule is CCC(CC)C(C)n1c(=S)[nH]c2cccc(Cl)c21. The molecule has 0 aliphatic heterocycles. The Morgan fingerprint density at radius 3 is 2.61 bits per heavy atom. The Morgan fingerprint density at radius 2 is 2.00 bits per heavy atom. The highest BCUT2D eigenvalue weighted by molar-refractivity contribution is 7.71. The third kappa shape index (κ3) is 2.21. The predicted molar refractivity (Wildman–Crippen MR) is 80.9 cm³/mol. The quantitative estimate of drug-likeness (QED) is 0.750. The lowest BCUT2D eigenvalue weighted by molar-refractivity contribution is 0.337. The number of nitrogens with one attached hydrogen (secondary N) is 1. The average molecular weight is 283 g/mol. The second-order valence-corrected chi connectivity index (χ2v) is 5.55. The summed E-state index contributed by atoms with van der Waals surface area (Å²) in [6.45, 7) is 6.68. The van der Waals surface area contributed by atoms with Crippen molar-refractivity contribution < 1.29 is 0 Å². The van der Waals surface area contributed by atoms with Crippen LogP contribution in [0.15, 0.2) is 18.2 Å². The van der Waals surface area contributed by atoms with Crippen LogP contribution in [0.4, 0.5) is 0 Å². The monoisotopic (exact) mass is 282 g/mol. The first-order chi connectivity index (χ1) is 8.60. The maximum Gasteiger partial charge on any atom is 0.178 e. The molecule has 1 aromatic heterocycles. The van der Waals surface area contributed by atoms with Crippen molar-refractivity contribution in [1.29, 1.82) is 0 Å². The third-order valence-corrected chi connectivity index (χ3v) is 4.43. The van der Waals surface area contributed by atoms with E-state index in [9.17, 15) is 0 Å². The number of halogens is 1. The molecule has 2 nitrogen and oxygen atoms in total. The van der Waals surface area contributed by atoms with Crippen LogP contribution in [0.2, 0.25) is 5.02 Å². The molecule has 1 atom stereocenters. The molecule has 1 N–H and O–H groups in total. The number of nitrogens with zero attached hydrogens (tertiary/aromatic N) is 1. The number of para-hydroxylation sites is 1. The number of aromatic nitrogens is 2. The molecule has 0 saturated carbocycles. The second-order valence-electron chi connectivity index (χ2n) is 4.75. The van der Waals surface area contributed by atoms with Gasteiger partial charge in [-0.1, -0.05) is 44.4 Å². The van der Waals surface area contributed by atoms with Crippen molar-refractivity contribution in [2.75, 3.05) is 0 Å². The van der Waals surface area contributed by atoms with Gasteiger partial charge >= 0.3 is 0 Å². The molecule has 0 aliphatic rings. The summed E-state index contributed by atoms with van der Waals surface area (Å²) in [6.07, 6.45) is 2.30. The standard InChI is InChI=1S/C14H19ClN2S/c1-4-10(5-2)9(3)17-13-11(15)7-6-8-12(13)16-14(17)18/h6-10H,4-5H2,1-3H3,(H,16,18). The van der Waals surface area contributed by atoms with Crippen LogP contribution >= 0.6 is 23.8 Å². The van der Waals surface area contributed by atoms with Crippen molar-refractivity contribution in [3.63, 3.8) is 0 Å². The summed E-state index contributed by atoms with van der Waals surface area (Å²) in [5, 5.41) is 0.762. The molecule has 0 bridgehead atoms. The molecule has 1 unspecified atom stereocenters. The molecule has 2 rings (SSSR count). The van der Waals surface area contributed by atoms with E-state index in [0.29, 0.717) is 12.0 Å². The number of fused-ring (bicyclic) bond motifs is 1. The number of hydrogen-bond acceptors (Lipinski definition) is 1. The largest absolute Gasteiger partial charge is 0.331 e. The van der Waals surface area contributed by atoms with E-state index in [1.54, 1.807) is 0 Å². The molecule has 2 aromatic rings. The average Bonchev–Trinajstić information content (AvgIpc) is 2.68.